The number of hydrogen-bond acceptors (Lipinski definition) is 3. The highest BCUT2D eigenvalue weighted by Crippen LogP contribution is 2.16. The zero-order valence-electron chi connectivity index (χ0n) is 10.6. The predicted octanol–water partition coefficient (Wildman–Crippen LogP) is 1.28. The van der Waals surface area contributed by atoms with Gasteiger partial charge < -0.3 is 10.1 Å². The third kappa shape index (κ3) is 3.43. The van der Waals surface area contributed by atoms with Crippen LogP contribution in [0.3, 0.4) is 0 Å². The molecule has 0 bridgehead atoms. The summed E-state index contributed by atoms with van der Waals surface area (Å²) in [5.41, 5.74) is 0.813. The summed E-state index contributed by atoms with van der Waals surface area (Å²) in [6.45, 7) is 2.36. The summed E-state index contributed by atoms with van der Waals surface area (Å²) in [5.74, 6) is -0.469. The fourth-order valence-electron chi connectivity index (χ4n) is 1.90. The second kappa shape index (κ2) is 5.69. The van der Waals surface area contributed by atoms with Crippen LogP contribution in [0.15, 0.2) is 24.3 Å². The van der Waals surface area contributed by atoms with E-state index in [-0.39, 0.29) is 24.4 Å². The first-order valence-electron chi connectivity index (χ1n) is 5.98. The predicted molar refractivity (Wildman–Crippen MR) is 65.8 cm³/mol. The van der Waals surface area contributed by atoms with E-state index in [4.69, 9.17) is 4.74 Å². The minimum Gasteiger partial charge on any atom is -0.447 e. The van der Waals surface area contributed by atoms with Crippen LogP contribution in [0.2, 0.25) is 0 Å². The zero-order chi connectivity index (χ0) is 13.8. The molecule has 102 valence electrons. The van der Waals surface area contributed by atoms with Crippen LogP contribution in [0.25, 0.3) is 0 Å². The number of amides is 2. The third-order valence-electron chi connectivity index (χ3n) is 2.93. The number of rotatable bonds is 4. The van der Waals surface area contributed by atoms with Gasteiger partial charge >= 0.3 is 6.09 Å². The van der Waals surface area contributed by atoms with E-state index in [1.54, 1.807) is 12.1 Å². The van der Waals surface area contributed by atoms with Gasteiger partial charge in [-0.2, -0.15) is 0 Å². The molecule has 0 aliphatic carbocycles. The van der Waals surface area contributed by atoms with E-state index >= 15 is 0 Å². The van der Waals surface area contributed by atoms with Crippen molar-refractivity contribution in [3.63, 3.8) is 0 Å². The molecule has 0 radical (unpaired) electrons. The molecule has 5 nitrogen and oxygen atoms in total. The molecule has 1 aliphatic rings. The number of nitrogens with zero attached hydrogens (tertiary/aromatic N) is 1. The number of benzene rings is 1. The highest BCUT2D eigenvalue weighted by molar-refractivity contribution is 5.73. The minimum absolute atomic E-state index is 0.152. The van der Waals surface area contributed by atoms with Gasteiger partial charge in [0.15, 0.2) is 0 Å². The lowest BCUT2D eigenvalue weighted by Gasteiger charge is -2.21. The Balaban J connectivity index is 2.01. The Morgan fingerprint density at radius 3 is 2.79 bits per heavy atom. The Hall–Kier alpha value is -2.11. The van der Waals surface area contributed by atoms with Crippen molar-refractivity contribution in [3.05, 3.63) is 35.6 Å². The van der Waals surface area contributed by atoms with Gasteiger partial charge in [0, 0.05) is 20.0 Å². The molecule has 1 N–H and O–H groups in total. The first-order valence-corrected chi connectivity index (χ1v) is 5.98. The Bertz CT molecular complexity index is 475. The third-order valence-corrected chi connectivity index (χ3v) is 2.93. The number of ether oxygens (including phenoxy) is 1. The van der Waals surface area contributed by atoms with E-state index in [0.717, 1.165) is 5.56 Å². The number of nitrogens with one attached hydrogen (secondary N) is 1. The van der Waals surface area contributed by atoms with Gasteiger partial charge in [-0.05, 0) is 17.7 Å². The molecule has 0 aromatic heterocycles. The van der Waals surface area contributed by atoms with Crippen LogP contribution in [0.1, 0.15) is 12.5 Å². The maximum atomic E-state index is 12.8. The number of cyclic esters (lactones) is 1. The fraction of sp³-hybridized carbons (Fsp3) is 0.385. The van der Waals surface area contributed by atoms with Crippen LogP contribution in [0.4, 0.5) is 9.18 Å². The topological polar surface area (TPSA) is 58.6 Å². The van der Waals surface area contributed by atoms with Gasteiger partial charge in [-0.15, -0.1) is 0 Å². The quantitative estimate of drug-likeness (QED) is 0.893. The van der Waals surface area contributed by atoms with Gasteiger partial charge in [0.25, 0.3) is 0 Å². The Morgan fingerprint density at radius 2 is 2.16 bits per heavy atom. The molecule has 1 aliphatic heterocycles. The molecule has 1 fully saturated rings. The fourth-order valence-corrected chi connectivity index (χ4v) is 1.90. The van der Waals surface area contributed by atoms with Crippen molar-refractivity contribution < 1.29 is 18.7 Å². The van der Waals surface area contributed by atoms with Gasteiger partial charge in [-0.1, -0.05) is 12.1 Å². The maximum absolute atomic E-state index is 12.8. The monoisotopic (exact) mass is 266 g/mol. The number of hydrogen-bond donors (Lipinski definition) is 1. The molecule has 1 aromatic rings. The lowest BCUT2D eigenvalue weighted by atomic mass is 10.2. The van der Waals surface area contributed by atoms with Gasteiger partial charge in [0.2, 0.25) is 5.91 Å². The van der Waals surface area contributed by atoms with Gasteiger partial charge in [-0.3, -0.25) is 9.69 Å². The van der Waals surface area contributed by atoms with Gasteiger partial charge in [-0.25, -0.2) is 9.18 Å². The molecular formula is C13H15FN2O3. The zero-order valence-corrected chi connectivity index (χ0v) is 10.6. The molecule has 6 heteroatoms. The van der Waals surface area contributed by atoms with Crippen molar-refractivity contribution in [2.24, 2.45) is 0 Å². The summed E-state index contributed by atoms with van der Waals surface area (Å²) in [6.07, 6.45) is -0.417. The molecule has 1 unspecified atom stereocenters. The molecule has 1 saturated heterocycles. The summed E-state index contributed by atoms with van der Waals surface area (Å²) in [5, 5.41) is 2.66. The van der Waals surface area contributed by atoms with Crippen molar-refractivity contribution in [1.29, 1.82) is 0 Å². The van der Waals surface area contributed by atoms with Gasteiger partial charge in [0.05, 0.1) is 6.04 Å². The molecule has 1 heterocycles. The minimum atomic E-state index is -0.417. The first-order chi connectivity index (χ1) is 9.06. The van der Waals surface area contributed by atoms with Crippen molar-refractivity contribution in [2.45, 2.75) is 19.5 Å². The summed E-state index contributed by atoms with van der Waals surface area (Å²) >= 11 is 0. The summed E-state index contributed by atoms with van der Waals surface area (Å²) in [4.78, 5) is 24.0. The van der Waals surface area contributed by atoms with E-state index in [1.807, 2.05) is 0 Å². The Labute approximate surface area is 110 Å². The summed E-state index contributed by atoms with van der Waals surface area (Å²) < 4.78 is 17.8. The van der Waals surface area contributed by atoms with Crippen molar-refractivity contribution in [1.82, 2.24) is 10.2 Å². The Morgan fingerprint density at radius 1 is 1.47 bits per heavy atom. The van der Waals surface area contributed by atoms with Crippen LogP contribution >= 0.6 is 0 Å². The van der Waals surface area contributed by atoms with E-state index in [9.17, 15) is 14.0 Å². The summed E-state index contributed by atoms with van der Waals surface area (Å²) in [7, 11) is 0. The van der Waals surface area contributed by atoms with E-state index < -0.39 is 6.09 Å². The Kier molecular flexibility index (Phi) is 3.99. The van der Waals surface area contributed by atoms with E-state index in [0.29, 0.717) is 13.1 Å². The molecule has 1 aromatic carbocycles. The second-order valence-corrected chi connectivity index (χ2v) is 4.42. The average molecular weight is 266 g/mol. The van der Waals surface area contributed by atoms with Crippen LogP contribution < -0.4 is 5.32 Å². The average Bonchev–Trinajstić information content (AvgIpc) is 2.71. The van der Waals surface area contributed by atoms with Crippen LogP contribution in [-0.2, 0) is 16.1 Å². The van der Waals surface area contributed by atoms with Crippen LogP contribution in [0, 0.1) is 5.82 Å². The maximum Gasteiger partial charge on any atom is 0.410 e. The highest BCUT2D eigenvalue weighted by Gasteiger charge is 2.32. The lowest BCUT2D eigenvalue weighted by molar-refractivity contribution is -0.119. The summed E-state index contributed by atoms with van der Waals surface area (Å²) in [6, 6.07) is 5.74. The molecule has 0 saturated carbocycles. The number of carbonyl (C=O) groups is 2. The molecular weight excluding hydrogens is 251 g/mol. The highest BCUT2D eigenvalue weighted by atomic mass is 19.1. The first kappa shape index (κ1) is 13.3. The van der Waals surface area contributed by atoms with Crippen molar-refractivity contribution in [3.8, 4) is 0 Å². The standard InChI is InChI=1S/C13H15FN2O3/c1-9(17)15-6-12-8-19-13(18)16(12)7-10-2-4-11(14)5-3-10/h2-5,12H,6-8H2,1H3,(H,15,17). The smallest absolute Gasteiger partial charge is 0.410 e. The van der Waals surface area contributed by atoms with Crippen molar-refractivity contribution in [2.75, 3.05) is 13.2 Å². The second-order valence-electron chi connectivity index (χ2n) is 4.42. The molecule has 2 rings (SSSR count). The van der Waals surface area contributed by atoms with Gasteiger partial charge in [0.1, 0.15) is 12.4 Å². The molecule has 0 spiro atoms. The largest absolute Gasteiger partial charge is 0.447 e. The van der Waals surface area contributed by atoms with E-state index in [1.165, 1.54) is 24.0 Å². The molecule has 1 atom stereocenters. The number of halogens is 1. The normalized spacial score (nSPS) is 18.3. The van der Waals surface area contributed by atoms with Crippen molar-refractivity contribution >= 4 is 12.0 Å². The van der Waals surface area contributed by atoms with E-state index in [2.05, 4.69) is 5.32 Å². The molecule has 2 amide bonds. The van der Waals surface area contributed by atoms with Crippen LogP contribution in [0.5, 0.6) is 0 Å². The van der Waals surface area contributed by atoms with Crippen LogP contribution in [-0.4, -0.2) is 36.1 Å². The SMILES string of the molecule is CC(=O)NCC1COC(=O)N1Cc1ccc(F)cc1. The lowest BCUT2D eigenvalue weighted by Crippen LogP contribution is -2.41. The number of carbonyl (C=O) groups excluding carboxylic acids is 2. The molecule has 19 heavy (non-hydrogen) atoms.